The fraction of sp³-hybridized carbons (Fsp3) is 0.500. The largest absolute Gasteiger partial charge is 0.497 e. The Balaban J connectivity index is 2.00. The van der Waals surface area contributed by atoms with E-state index < -0.39 is 27.8 Å². The first-order valence-corrected chi connectivity index (χ1v) is 11.1. The van der Waals surface area contributed by atoms with Crippen molar-refractivity contribution in [1.29, 1.82) is 0 Å². The number of hydrogen-bond donors (Lipinski definition) is 0. The summed E-state index contributed by atoms with van der Waals surface area (Å²) in [4.78, 5) is 26.3. The molecule has 2 rings (SSSR count). The molecule has 0 N–H and O–H groups in total. The minimum absolute atomic E-state index is 0.0508. The van der Waals surface area contributed by atoms with Gasteiger partial charge in [0.1, 0.15) is 11.5 Å². The molecule has 2 atom stereocenters. The Bertz CT molecular complexity index is 857. The first-order chi connectivity index (χ1) is 13.7. The molecule has 8 nitrogen and oxygen atoms in total. The summed E-state index contributed by atoms with van der Waals surface area (Å²) >= 11 is 0. The van der Waals surface area contributed by atoms with Gasteiger partial charge < -0.3 is 19.1 Å². The highest BCUT2D eigenvalue weighted by Gasteiger charge is 2.36. The number of hydrogen-bond acceptors (Lipinski definition) is 7. The van der Waals surface area contributed by atoms with Gasteiger partial charge in [0.2, 0.25) is 0 Å². The highest BCUT2D eigenvalue weighted by Crippen LogP contribution is 2.23. The quantitative estimate of drug-likeness (QED) is 0.462. The van der Waals surface area contributed by atoms with Gasteiger partial charge in [-0.1, -0.05) is 0 Å². The molecule has 0 bridgehead atoms. The van der Waals surface area contributed by atoms with Crippen molar-refractivity contribution in [2.24, 2.45) is 0 Å². The molecular formula is C20H27NO7S. The lowest BCUT2D eigenvalue weighted by Gasteiger charge is -2.29. The summed E-state index contributed by atoms with van der Waals surface area (Å²) in [5, 5.41) is 0. The number of esters is 1. The fourth-order valence-corrected chi connectivity index (χ4v) is 4.93. The minimum Gasteiger partial charge on any atom is -0.497 e. The molecule has 1 aliphatic rings. The Morgan fingerprint density at radius 3 is 2.31 bits per heavy atom. The van der Waals surface area contributed by atoms with E-state index in [1.165, 1.54) is 38.2 Å². The molecule has 29 heavy (non-hydrogen) atoms. The summed E-state index contributed by atoms with van der Waals surface area (Å²) in [6.07, 6.45) is 2.13. The van der Waals surface area contributed by atoms with E-state index in [-0.39, 0.29) is 17.5 Å². The zero-order chi connectivity index (χ0) is 21.6. The molecule has 0 radical (unpaired) electrons. The molecule has 0 aliphatic carbocycles. The van der Waals surface area contributed by atoms with Crippen LogP contribution in [0.5, 0.6) is 11.5 Å². The average Bonchev–Trinajstić information content (AvgIpc) is 3.05. The van der Waals surface area contributed by atoms with Gasteiger partial charge in [-0.2, -0.15) is 0 Å². The number of carbonyl (C=O) groups is 2. The maximum Gasteiger partial charge on any atom is 0.331 e. The molecule has 0 spiro atoms. The molecule has 9 heteroatoms. The van der Waals surface area contributed by atoms with E-state index in [0.29, 0.717) is 30.0 Å². The van der Waals surface area contributed by atoms with E-state index in [0.717, 1.165) is 0 Å². The van der Waals surface area contributed by atoms with Crippen molar-refractivity contribution in [2.75, 3.05) is 32.3 Å². The summed E-state index contributed by atoms with van der Waals surface area (Å²) in [6, 6.07) is 4.78. The van der Waals surface area contributed by atoms with Crippen LogP contribution in [0.2, 0.25) is 0 Å². The third kappa shape index (κ3) is 6.22. The number of methoxy groups -OCH3 is 2. The Kier molecular flexibility index (Phi) is 7.66. The molecule has 1 fully saturated rings. The van der Waals surface area contributed by atoms with Crippen LogP contribution in [0.4, 0.5) is 0 Å². The van der Waals surface area contributed by atoms with Gasteiger partial charge >= 0.3 is 5.97 Å². The van der Waals surface area contributed by atoms with E-state index in [1.54, 1.807) is 25.1 Å². The maximum absolute atomic E-state index is 12.6. The van der Waals surface area contributed by atoms with Gasteiger partial charge in [0.15, 0.2) is 15.9 Å². The number of amides is 1. The fourth-order valence-electron chi connectivity index (χ4n) is 3.20. The normalized spacial score (nSPS) is 19.0. The summed E-state index contributed by atoms with van der Waals surface area (Å²) in [5.74, 6) is 0.0897. The summed E-state index contributed by atoms with van der Waals surface area (Å²) in [5.41, 5.74) is 0.670. The number of sulfone groups is 1. The molecule has 1 aromatic rings. The predicted octanol–water partition coefficient (Wildman–Crippen LogP) is 1.68. The lowest BCUT2D eigenvalue weighted by Crippen LogP contribution is -2.46. The molecule has 0 aromatic heterocycles. The molecule has 0 unspecified atom stereocenters. The number of likely N-dealkylation sites (N-methyl/N-ethyl adjacent to an activating group) is 1. The van der Waals surface area contributed by atoms with Crippen molar-refractivity contribution in [2.45, 2.75) is 32.4 Å². The Labute approximate surface area is 171 Å². The molecule has 1 saturated heterocycles. The molecule has 1 heterocycles. The third-order valence-electron chi connectivity index (χ3n) is 4.70. The molecule has 1 aliphatic heterocycles. The summed E-state index contributed by atoms with van der Waals surface area (Å²) < 4.78 is 39.0. The van der Waals surface area contributed by atoms with Crippen molar-refractivity contribution >= 4 is 27.8 Å². The second-order valence-corrected chi connectivity index (χ2v) is 8.97. The Morgan fingerprint density at radius 2 is 1.83 bits per heavy atom. The zero-order valence-corrected chi connectivity index (χ0v) is 17.9. The predicted molar refractivity (Wildman–Crippen MR) is 109 cm³/mol. The van der Waals surface area contributed by atoms with E-state index in [4.69, 9.17) is 14.2 Å². The van der Waals surface area contributed by atoms with Crippen molar-refractivity contribution in [3.63, 3.8) is 0 Å². The third-order valence-corrected chi connectivity index (χ3v) is 6.45. The van der Waals surface area contributed by atoms with Crippen LogP contribution in [0.25, 0.3) is 6.08 Å². The summed E-state index contributed by atoms with van der Waals surface area (Å²) in [7, 11) is -0.0636. The van der Waals surface area contributed by atoms with Crippen molar-refractivity contribution < 1.29 is 32.2 Å². The van der Waals surface area contributed by atoms with E-state index in [1.807, 2.05) is 0 Å². The zero-order valence-electron chi connectivity index (χ0n) is 17.1. The molecule has 0 saturated carbocycles. The number of carbonyl (C=O) groups excluding carboxylic acids is 2. The van der Waals surface area contributed by atoms with Gasteiger partial charge in [0, 0.05) is 24.7 Å². The number of ether oxygens (including phenoxy) is 3. The average molecular weight is 426 g/mol. The van der Waals surface area contributed by atoms with Gasteiger partial charge in [0.25, 0.3) is 5.91 Å². The Hall–Kier alpha value is -2.55. The number of benzene rings is 1. The second-order valence-electron chi connectivity index (χ2n) is 6.74. The van der Waals surface area contributed by atoms with Crippen LogP contribution in [0.3, 0.4) is 0 Å². The van der Waals surface area contributed by atoms with Gasteiger partial charge in [-0.25, -0.2) is 13.2 Å². The molecule has 1 amide bonds. The van der Waals surface area contributed by atoms with E-state index >= 15 is 0 Å². The molecule has 160 valence electrons. The highest BCUT2D eigenvalue weighted by molar-refractivity contribution is 7.91. The van der Waals surface area contributed by atoms with Crippen LogP contribution in [0.15, 0.2) is 24.3 Å². The van der Waals surface area contributed by atoms with Crippen LogP contribution in [0.1, 0.15) is 25.8 Å². The molecule has 1 aromatic carbocycles. The highest BCUT2D eigenvalue weighted by atomic mass is 32.2. The lowest BCUT2D eigenvalue weighted by molar-refractivity contribution is -0.156. The first kappa shape index (κ1) is 22.7. The van der Waals surface area contributed by atoms with Crippen molar-refractivity contribution in [3.05, 3.63) is 29.8 Å². The van der Waals surface area contributed by atoms with E-state index in [2.05, 4.69) is 0 Å². The van der Waals surface area contributed by atoms with Gasteiger partial charge in [0.05, 0.1) is 25.7 Å². The smallest absolute Gasteiger partial charge is 0.331 e. The topological polar surface area (TPSA) is 99.2 Å². The van der Waals surface area contributed by atoms with Gasteiger partial charge in [-0.15, -0.1) is 0 Å². The van der Waals surface area contributed by atoms with Crippen LogP contribution in [-0.4, -0.2) is 69.6 Å². The lowest BCUT2D eigenvalue weighted by atomic mass is 10.2. The van der Waals surface area contributed by atoms with Gasteiger partial charge in [-0.3, -0.25) is 4.79 Å². The maximum atomic E-state index is 12.6. The van der Waals surface area contributed by atoms with Crippen molar-refractivity contribution in [3.8, 4) is 11.5 Å². The Morgan fingerprint density at radius 1 is 1.21 bits per heavy atom. The van der Waals surface area contributed by atoms with Crippen LogP contribution in [0, 0.1) is 0 Å². The number of rotatable bonds is 8. The first-order valence-electron chi connectivity index (χ1n) is 9.31. The standard InChI is InChI=1S/C20H27NO7S/c1-5-21(16-8-9-29(24,25)13-16)20(23)14(2)28-19(22)7-6-15-10-17(26-3)12-18(11-15)27-4/h6-7,10-12,14,16H,5,8-9,13H2,1-4H3/b7-6+/t14-,16+/m1/s1. The van der Waals surface area contributed by atoms with Crippen LogP contribution < -0.4 is 9.47 Å². The minimum atomic E-state index is -3.12. The van der Waals surface area contributed by atoms with E-state index in [9.17, 15) is 18.0 Å². The number of nitrogens with zero attached hydrogens (tertiary/aromatic N) is 1. The van der Waals surface area contributed by atoms with Crippen LogP contribution in [-0.2, 0) is 24.2 Å². The van der Waals surface area contributed by atoms with Crippen LogP contribution >= 0.6 is 0 Å². The monoisotopic (exact) mass is 425 g/mol. The molecular weight excluding hydrogens is 398 g/mol. The summed E-state index contributed by atoms with van der Waals surface area (Å²) in [6.45, 7) is 3.60. The van der Waals surface area contributed by atoms with Crippen molar-refractivity contribution in [1.82, 2.24) is 4.90 Å². The second kappa shape index (κ2) is 9.78. The van der Waals surface area contributed by atoms with Gasteiger partial charge in [-0.05, 0) is 44.0 Å². The SMILES string of the molecule is CCN(C(=O)[C@@H](C)OC(=O)/C=C/c1cc(OC)cc(OC)c1)[C@H]1CCS(=O)(=O)C1.